The SMILES string of the molecule is Cc1cc(C(C)(C)C)ccc1Oc1ncncc1I. The number of benzene rings is 1. The van der Waals surface area contributed by atoms with Crippen molar-refractivity contribution in [1.82, 2.24) is 9.97 Å². The Balaban J connectivity index is 2.30. The molecule has 0 amide bonds. The van der Waals surface area contributed by atoms with Gasteiger partial charge < -0.3 is 4.74 Å². The van der Waals surface area contributed by atoms with E-state index in [1.54, 1.807) is 6.20 Å². The molecule has 19 heavy (non-hydrogen) atoms. The lowest BCUT2D eigenvalue weighted by Gasteiger charge is -2.20. The fourth-order valence-corrected chi connectivity index (χ4v) is 2.12. The van der Waals surface area contributed by atoms with E-state index in [0.29, 0.717) is 5.88 Å². The number of nitrogens with zero attached hydrogens (tertiary/aromatic N) is 2. The number of ether oxygens (including phenoxy) is 1. The van der Waals surface area contributed by atoms with Gasteiger partial charge >= 0.3 is 0 Å². The molecular weight excluding hydrogens is 351 g/mol. The molecule has 2 aromatic rings. The van der Waals surface area contributed by atoms with Crippen LogP contribution in [0.3, 0.4) is 0 Å². The van der Waals surface area contributed by atoms with Gasteiger partial charge in [0, 0.05) is 6.20 Å². The molecule has 0 unspecified atom stereocenters. The van der Waals surface area contributed by atoms with Crippen LogP contribution in [0.25, 0.3) is 0 Å². The molecule has 0 radical (unpaired) electrons. The molecule has 1 aromatic carbocycles. The molecule has 1 heterocycles. The average molecular weight is 368 g/mol. The van der Waals surface area contributed by atoms with Crippen LogP contribution in [0.1, 0.15) is 31.9 Å². The second-order valence-corrected chi connectivity index (χ2v) is 6.67. The first kappa shape index (κ1) is 14.2. The largest absolute Gasteiger partial charge is 0.438 e. The quantitative estimate of drug-likeness (QED) is 0.734. The number of hydrogen-bond acceptors (Lipinski definition) is 3. The van der Waals surface area contributed by atoms with Gasteiger partial charge in [0.05, 0.1) is 3.57 Å². The van der Waals surface area contributed by atoms with Gasteiger partial charge in [-0.05, 0) is 52.1 Å². The van der Waals surface area contributed by atoms with E-state index in [0.717, 1.165) is 14.9 Å². The molecular formula is C15H17IN2O. The van der Waals surface area contributed by atoms with Gasteiger partial charge in [0.15, 0.2) is 0 Å². The van der Waals surface area contributed by atoms with E-state index in [1.807, 2.05) is 6.07 Å². The molecule has 2 rings (SSSR count). The normalized spacial score (nSPS) is 11.4. The van der Waals surface area contributed by atoms with Crippen LogP contribution in [0.2, 0.25) is 0 Å². The minimum atomic E-state index is 0.145. The minimum Gasteiger partial charge on any atom is -0.438 e. The molecule has 0 saturated heterocycles. The predicted octanol–water partition coefficient (Wildman–Crippen LogP) is 4.48. The molecule has 0 aliphatic heterocycles. The van der Waals surface area contributed by atoms with Crippen LogP contribution in [0.4, 0.5) is 0 Å². The maximum atomic E-state index is 5.85. The Labute approximate surface area is 127 Å². The first-order valence-corrected chi connectivity index (χ1v) is 7.20. The van der Waals surface area contributed by atoms with Crippen molar-refractivity contribution in [2.45, 2.75) is 33.1 Å². The first-order chi connectivity index (χ1) is 8.88. The molecule has 0 aliphatic carbocycles. The van der Waals surface area contributed by atoms with Crippen molar-refractivity contribution >= 4 is 22.6 Å². The molecule has 0 atom stereocenters. The van der Waals surface area contributed by atoms with E-state index >= 15 is 0 Å². The van der Waals surface area contributed by atoms with Crippen LogP contribution in [0.15, 0.2) is 30.7 Å². The van der Waals surface area contributed by atoms with E-state index in [-0.39, 0.29) is 5.41 Å². The molecule has 100 valence electrons. The summed E-state index contributed by atoms with van der Waals surface area (Å²) in [6.45, 7) is 8.67. The van der Waals surface area contributed by atoms with Crippen molar-refractivity contribution in [1.29, 1.82) is 0 Å². The summed E-state index contributed by atoms with van der Waals surface area (Å²) in [5.74, 6) is 1.44. The van der Waals surface area contributed by atoms with E-state index in [2.05, 4.69) is 72.4 Å². The van der Waals surface area contributed by atoms with Crippen LogP contribution in [-0.4, -0.2) is 9.97 Å². The van der Waals surface area contributed by atoms with E-state index in [9.17, 15) is 0 Å². The van der Waals surface area contributed by atoms with Crippen molar-refractivity contribution in [3.8, 4) is 11.6 Å². The second-order valence-electron chi connectivity index (χ2n) is 5.51. The van der Waals surface area contributed by atoms with Crippen LogP contribution < -0.4 is 4.74 Å². The van der Waals surface area contributed by atoms with Crippen molar-refractivity contribution in [2.24, 2.45) is 0 Å². The Bertz CT molecular complexity index is 591. The molecule has 4 heteroatoms. The zero-order valence-corrected chi connectivity index (χ0v) is 13.7. The molecule has 0 N–H and O–H groups in total. The lowest BCUT2D eigenvalue weighted by atomic mass is 9.86. The number of hydrogen-bond donors (Lipinski definition) is 0. The van der Waals surface area contributed by atoms with Crippen molar-refractivity contribution in [2.75, 3.05) is 0 Å². The summed E-state index contributed by atoms with van der Waals surface area (Å²) in [6.07, 6.45) is 3.23. The Morgan fingerprint density at radius 1 is 1.21 bits per heavy atom. The summed E-state index contributed by atoms with van der Waals surface area (Å²) < 4.78 is 6.75. The van der Waals surface area contributed by atoms with Crippen molar-refractivity contribution in [3.63, 3.8) is 0 Å². The highest BCUT2D eigenvalue weighted by molar-refractivity contribution is 14.1. The molecule has 0 aliphatic rings. The van der Waals surface area contributed by atoms with Gasteiger partial charge in [-0.2, -0.15) is 0 Å². The summed E-state index contributed by atoms with van der Waals surface area (Å²) in [5.41, 5.74) is 2.56. The van der Waals surface area contributed by atoms with Gasteiger partial charge in [0.25, 0.3) is 0 Å². The highest BCUT2D eigenvalue weighted by Gasteiger charge is 2.15. The van der Waals surface area contributed by atoms with Crippen LogP contribution >= 0.6 is 22.6 Å². The molecule has 0 saturated carbocycles. The smallest absolute Gasteiger partial charge is 0.235 e. The number of aryl methyl sites for hydroxylation is 1. The third kappa shape index (κ3) is 3.43. The summed E-state index contributed by atoms with van der Waals surface area (Å²) in [5, 5.41) is 0. The lowest BCUT2D eigenvalue weighted by Crippen LogP contribution is -2.11. The van der Waals surface area contributed by atoms with E-state index in [4.69, 9.17) is 4.74 Å². The molecule has 1 aromatic heterocycles. The summed E-state index contributed by atoms with van der Waals surface area (Å²) in [6, 6.07) is 6.29. The lowest BCUT2D eigenvalue weighted by molar-refractivity contribution is 0.453. The van der Waals surface area contributed by atoms with Gasteiger partial charge in [0.2, 0.25) is 5.88 Å². The van der Waals surface area contributed by atoms with Gasteiger partial charge in [-0.3, -0.25) is 0 Å². The monoisotopic (exact) mass is 368 g/mol. The van der Waals surface area contributed by atoms with E-state index < -0.39 is 0 Å². The van der Waals surface area contributed by atoms with Crippen LogP contribution in [-0.2, 0) is 5.41 Å². The van der Waals surface area contributed by atoms with Crippen LogP contribution in [0, 0.1) is 10.5 Å². The zero-order chi connectivity index (χ0) is 14.0. The summed E-state index contributed by atoms with van der Waals surface area (Å²) in [7, 11) is 0. The summed E-state index contributed by atoms with van der Waals surface area (Å²) >= 11 is 2.17. The van der Waals surface area contributed by atoms with Crippen molar-refractivity contribution < 1.29 is 4.74 Å². The van der Waals surface area contributed by atoms with Gasteiger partial charge in [0.1, 0.15) is 12.1 Å². The Morgan fingerprint density at radius 2 is 1.95 bits per heavy atom. The molecule has 0 spiro atoms. The highest BCUT2D eigenvalue weighted by atomic mass is 127. The van der Waals surface area contributed by atoms with Gasteiger partial charge in [-0.1, -0.05) is 32.9 Å². The number of rotatable bonds is 2. The average Bonchev–Trinajstić information content (AvgIpc) is 2.33. The third-order valence-electron chi connectivity index (χ3n) is 2.88. The van der Waals surface area contributed by atoms with E-state index in [1.165, 1.54) is 11.9 Å². The maximum Gasteiger partial charge on any atom is 0.235 e. The standard InChI is InChI=1S/C15H17IN2O/c1-10-7-11(15(2,3)4)5-6-13(10)19-14-12(16)8-17-9-18-14/h5-9H,1-4H3. The highest BCUT2D eigenvalue weighted by Crippen LogP contribution is 2.30. The number of halogens is 1. The molecule has 0 bridgehead atoms. The Kier molecular flexibility index (Phi) is 4.08. The zero-order valence-electron chi connectivity index (χ0n) is 11.6. The first-order valence-electron chi connectivity index (χ1n) is 6.12. The minimum absolute atomic E-state index is 0.145. The Hall–Kier alpha value is -1.17. The number of aromatic nitrogens is 2. The Morgan fingerprint density at radius 3 is 2.53 bits per heavy atom. The maximum absolute atomic E-state index is 5.85. The fourth-order valence-electron chi connectivity index (χ4n) is 1.71. The second kappa shape index (κ2) is 5.45. The molecule has 3 nitrogen and oxygen atoms in total. The third-order valence-corrected chi connectivity index (χ3v) is 3.62. The topological polar surface area (TPSA) is 35.0 Å². The fraction of sp³-hybridized carbons (Fsp3) is 0.333. The summed E-state index contributed by atoms with van der Waals surface area (Å²) in [4.78, 5) is 8.10. The van der Waals surface area contributed by atoms with Gasteiger partial charge in [-0.25, -0.2) is 9.97 Å². The van der Waals surface area contributed by atoms with Crippen LogP contribution in [0.5, 0.6) is 11.6 Å². The van der Waals surface area contributed by atoms with Gasteiger partial charge in [-0.15, -0.1) is 0 Å². The van der Waals surface area contributed by atoms with Crippen molar-refractivity contribution in [3.05, 3.63) is 45.4 Å². The predicted molar refractivity (Wildman–Crippen MR) is 84.7 cm³/mol. The molecule has 0 fully saturated rings.